The number of hydrogen-bond donors (Lipinski definition) is 1. The predicted octanol–water partition coefficient (Wildman–Crippen LogP) is 3.42. The predicted molar refractivity (Wildman–Crippen MR) is 71.0 cm³/mol. The van der Waals surface area contributed by atoms with Crippen molar-refractivity contribution in [2.24, 2.45) is 0 Å². The van der Waals surface area contributed by atoms with Gasteiger partial charge in [-0.2, -0.15) is 0 Å². The molecule has 0 saturated heterocycles. The smallest absolute Gasteiger partial charge is 0.142 e. The average molecular weight is 244 g/mol. The van der Waals surface area contributed by atoms with Crippen LogP contribution >= 0.6 is 10.8 Å². The fourth-order valence-corrected chi connectivity index (χ4v) is 3.08. The molecular formula is C14H12O2S. The van der Waals surface area contributed by atoms with Gasteiger partial charge in [0, 0.05) is 0 Å². The summed E-state index contributed by atoms with van der Waals surface area (Å²) < 4.78 is 16.5. The van der Waals surface area contributed by atoms with Gasteiger partial charge in [0.25, 0.3) is 0 Å². The lowest BCUT2D eigenvalue weighted by Gasteiger charge is -2.05. The first-order valence-electron chi connectivity index (χ1n) is 5.38. The van der Waals surface area contributed by atoms with Crippen molar-refractivity contribution < 1.29 is 8.97 Å². The summed E-state index contributed by atoms with van der Waals surface area (Å²) in [7, 11) is -0.862. The first kappa shape index (κ1) is 10.6. The van der Waals surface area contributed by atoms with Gasteiger partial charge in [0.05, 0.1) is 4.51 Å². The zero-order chi connectivity index (χ0) is 11.8. The van der Waals surface area contributed by atoms with E-state index in [4.69, 9.17) is 4.42 Å². The molecule has 1 unspecified atom stereocenters. The molecule has 0 aliphatic carbocycles. The van der Waals surface area contributed by atoms with E-state index in [2.05, 4.69) is 0 Å². The van der Waals surface area contributed by atoms with Crippen LogP contribution in [0.3, 0.4) is 0 Å². The second-order valence-corrected chi connectivity index (χ2v) is 5.29. The third kappa shape index (κ3) is 1.88. The Morgan fingerprint density at radius 1 is 1.18 bits per heavy atom. The van der Waals surface area contributed by atoms with Gasteiger partial charge in [-0.15, -0.1) is 0 Å². The van der Waals surface area contributed by atoms with Gasteiger partial charge in [0.2, 0.25) is 0 Å². The van der Waals surface area contributed by atoms with E-state index in [9.17, 15) is 4.55 Å². The Kier molecular flexibility index (Phi) is 2.50. The molecule has 0 radical (unpaired) electrons. The fourth-order valence-electron chi connectivity index (χ4n) is 1.91. The first-order chi connectivity index (χ1) is 8.24. The van der Waals surface area contributed by atoms with Gasteiger partial charge >= 0.3 is 0 Å². The quantitative estimate of drug-likeness (QED) is 0.780. The van der Waals surface area contributed by atoms with Crippen molar-refractivity contribution >= 4 is 22.4 Å². The highest BCUT2D eigenvalue weighted by Crippen LogP contribution is 2.27. The Morgan fingerprint density at radius 2 is 1.94 bits per heavy atom. The van der Waals surface area contributed by atoms with Gasteiger partial charge in [-0.1, -0.05) is 30.3 Å². The SMILES string of the molecule is Cc1cc2c(o1)=CC(c1ccccc1)=CS=2O. The molecular weight excluding hydrogens is 232 g/mol. The van der Waals surface area contributed by atoms with Crippen LogP contribution in [-0.2, 0) is 0 Å². The molecule has 3 rings (SSSR count). The van der Waals surface area contributed by atoms with Crippen molar-refractivity contribution in [2.75, 3.05) is 0 Å². The van der Waals surface area contributed by atoms with E-state index in [0.717, 1.165) is 26.8 Å². The lowest BCUT2D eigenvalue weighted by Crippen LogP contribution is -2.01. The van der Waals surface area contributed by atoms with Crippen molar-refractivity contribution in [2.45, 2.75) is 6.92 Å². The van der Waals surface area contributed by atoms with Crippen LogP contribution in [0.2, 0.25) is 0 Å². The molecule has 0 amide bonds. The molecule has 1 atom stereocenters. The molecule has 3 heteroatoms. The van der Waals surface area contributed by atoms with Gasteiger partial charge in [-0.05, 0) is 46.4 Å². The zero-order valence-corrected chi connectivity index (χ0v) is 10.2. The van der Waals surface area contributed by atoms with Gasteiger partial charge in [-0.3, -0.25) is 0 Å². The highest BCUT2D eigenvalue weighted by atomic mass is 32.2. The lowest BCUT2D eigenvalue weighted by molar-refractivity contribution is 0.502. The van der Waals surface area contributed by atoms with E-state index >= 15 is 0 Å². The number of allylic oxidation sites excluding steroid dienone is 1. The van der Waals surface area contributed by atoms with Gasteiger partial charge < -0.3 is 8.97 Å². The third-order valence-corrected chi connectivity index (χ3v) is 3.95. The van der Waals surface area contributed by atoms with Gasteiger partial charge in [-0.25, -0.2) is 0 Å². The maximum absolute atomic E-state index is 10.1. The maximum Gasteiger partial charge on any atom is 0.142 e. The number of rotatable bonds is 1. The lowest BCUT2D eigenvalue weighted by atomic mass is 10.1. The first-order valence-corrected chi connectivity index (χ1v) is 6.63. The Bertz CT molecular complexity index is 708. The minimum Gasteiger partial charge on any atom is -0.461 e. The number of fused-ring (bicyclic) bond motifs is 1. The van der Waals surface area contributed by atoms with Crippen LogP contribution in [0.25, 0.3) is 11.6 Å². The molecule has 1 aliphatic heterocycles. The molecule has 2 nitrogen and oxygen atoms in total. The number of hydrogen-bond acceptors (Lipinski definition) is 2. The van der Waals surface area contributed by atoms with E-state index in [1.165, 1.54) is 0 Å². The van der Waals surface area contributed by atoms with Gasteiger partial charge in [0.1, 0.15) is 11.2 Å². The van der Waals surface area contributed by atoms with Crippen LogP contribution in [-0.4, -0.2) is 4.55 Å². The molecule has 0 spiro atoms. The summed E-state index contributed by atoms with van der Waals surface area (Å²) in [5.74, 6) is 0.834. The van der Waals surface area contributed by atoms with Crippen molar-refractivity contribution in [1.29, 1.82) is 0 Å². The van der Waals surface area contributed by atoms with Crippen LogP contribution in [0.5, 0.6) is 0 Å². The fraction of sp³-hybridized carbons (Fsp3) is 0.0714. The second-order valence-electron chi connectivity index (χ2n) is 3.98. The number of aryl methyl sites for hydroxylation is 1. The summed E-state index contributed by atoms with van der Waals surface area (Å²) in [6.45, 7) is 1.89. The zero-order valence-electron chi connectivity index (χ0n) is 9.38. The largest absolute Gasteiger partial charge is 0.461 e. The van der Waals surface area contributed by atoms with Crippen molar-refractivity contribution in [3.63, 3.8) is 0 Å². The summed E-state index contributed by atoms with van der Waals surface area (Å²) in [6, 6.07) is 11.9. The molecule has 0 bridgehead atoms. The van der Waals surface area contributed by atoms with Crippen molar-refractivity contribution in [1.82, 2.24) is 0 Å². The second kappa shape index (κ2) is 4.02. The van der Waals surface area contributed by atoms with E-state index in [0.29, 0.717) is 0 Å². The number of furan rings is 1. The summed E-state index contributed by atoms with van der Waals surface area (Å²) in [4.78, 5) is 0. The Morgan fingerprint density at radius 3 is 2.71 bits per heavy atom. The molecule has 0 saturated carbocycles. The van der Waals surface area contributed by atoms with Gasteiger partial charge in [0.15, 0.2) is 0 Å². The Balaban J connectivity index is 2.21. The molecule has 1 aromatic heterocycles. The van der Waals surface area contributed by atoms with E-state index in [-0.39, 0.29) is 0 Å². The monoisotopic (exact) mass is 244 g/mol. The molecule has 86 valence electrons. The standard InChI is InChI=1S/C14H12O2S/c1-10-7-14-13(16-10)8-12(9-17(14)15)11-5-3-2-4-6-11/h2-9,15H,1H3. The molecule has 1 N–H and O–H groups in total. The van der Waals surface area contributed by atoms with Crippen LogP contribution in [0, 0.1) is 11.4 Å². The highest BCUT2D eigenvalue weighted by molar-refractivity contribution is 8.07. The van der Waals surface area contributed by atoms with Crippen LogP contribution < -0.4 is 5.42 Å². The molecule has 1 aliphatic rings. The number of benzene rings is 1. The summed E-state index contributed by atoms with van der Waals surface area (Å²) in [6.07, 6.45) is 1.98. The average Bonchev–Trinajstić information content (AvgIpc) is 2.71. The van der Waals surface area contributed by atoms with E-state index in [1.807, 2.05) is 54.8 Å². The minimum absolute atomic E-state index is 0.773. The Labute approximate surface area is 102 Å². The van der Waals surface area contributed by atoms with Crippen molar-refractivity contribution in [3.05, 3.63) is 63.1 Å². The summed E-state index contributed by atoms with van der Waals surface area (Å²) in [5.41, 5.74) is 2.88. The maximum atomic E-state index is 10.1. The van der Waals surface area contributed by atoms with E-state index < -0.39 is 10.8 Å². The third-order valence-electron chi connectivity index (χ3n) is 2.71. The summed E-state index contributed by atoms with van der Waals surface area (Å²) >= 11 is 0. The Hall–Kier alpha value is -1.58. The molecule has 17 heavy (non-hydrogen) atoms. The molecule has 2 heterocycles. The highest BCUT2D eigenvalue weighted by Gasteiger charge is 2.07. The molecule has 1 aromatic carbocycles. The topological polar surface area (TPSA) is 33.4 Å². The normalized spacial score (nSPS) is 18.2. The van der Waals surface area contributed by atoms with Crippen LogP contribution in [0.1, 0.15) is 11.3 Å². The molecule has 0 fully saturated rings. The molecule has 2 aromatic rings. The van der Waals surface area contributed by atoms with E-state index in [1.54, 1.807) is 0 Å². The summed E-state index contributed by atoms with van der Waals surface area (Å²) in [5, 5.41) is 1.88. The van der Waals surface area contributed by atoms with Crippen molar-refractivity contribution in [3.8, 4) is 0 Å². The van der Waals surface area contributed by atoms with Crippen LogP contribution in [0.15, 0.2) is 46.2 Å². The minimum atomic E-state index is -0.862. The van der Waals surface area contributed by atoms with Crippen LogP contribution in [0.4, 0.5) is 0 Å².